The summed E-state index contributed by atoms with van der Waals surface area (Å²) < 4.78 is 10.4. The van der Waals surface area contributed by atoms with E-state index in [-0.39, 0.29) is 11.9 Å². The predicted octanol–water partition coefficient (Wildman–Crippen LogP) is 6.52. The van der Waals surface area contributed by atoms with Crippen molar-refractivity contribution in [3.8, 4) is 0 Å². The molecular weight excluding hydrogens is 340 g/mol. The molecule has 0 aliphatic heterocycles. The fourth-order valence-corrected chi connectivity index (χ4v) is 2.71. The Kier molecular flexibility index (Phi) is 20.0. The molecule has 0 spiro atoms. The topological polar surface area (TPSA) is 52.6 Å². The molecule has 0 aliphatic rings. The van der Waals surface area contributed by atoms with E-state index in [0.717, 1.165) is 64.2 Å². The number of esters is 2. The van der Waals surface area contributed by atoms with Gasteiger partial charge < -0.3 is 9.47 Å². The maximum absolute atomic E-state index is 11.6. The van der Waals surface area contributed by atoms with E-state index >= 15 is 0 Å². The van der Waals surface area contributed by atoms with Crippen LogP contribution >= 0.6 is 0 Å². The standard InChI is InChI=1S/C23H42O4/c1-3-5-7-8-11-14-17-21-27-23(25)19-16-13-10-9-12-15-18-22(24)26-20-6-4-2/h11,14H,3-10,12-13,15-21H2,1-2H3/b14-11-. The molecule has 0 fully saturated rings. The van der Waals surface area contributed by atoms with Crippen molar-refractivity contribution in [2.24, 2.45) is 0 Å². The molecule has 0 amide bonds. The number of hydrogen-bond acceptors (Lipinski definition) is 4. The van der Waals surface area contributed by atoms with Crippen molar-refractivity contribution < 1.29 is 19.1 Å². The van der Waals surface area contributed by atoms with Crippen LogP contribution in [0.15, 0.2) is 12.2 Å². The maximum atomic E-state index is 11.6. The molecule has 0 aromatic rings. The van der Waals surface area contributed by atoms with Gasteiger partial charge in [0.05, 0.1) is 13.2 Å². The van der Waals surface area contributed by atoms with E-state index in [1.165, 1.54) is 19.3 Å². The molecule has 0 atom stereocenters. The second-order valence-corrected chi connectivity index (χ2v) is 7.17. The van der Waals surface area contributed by atoms with Crippen LogP contribution in [0.1, 0.15) is 110 Å². The van der Waals surface area contributed by atoms with Crippen molar-refractivity contribution >= 4 is 11.9 Å². The second-order valence-electron chi connectivity index (χ2n) is 7.17. The van der Waals surface area contributed by atoms with Crippen LogP contribution in [0.25, 0.3) is 0 Å². The molecule has 0 saturated carbocycles. The molecule has 0 radical (unpaired) electrons. The van der Waals surface area contributed by atoms with Gasteiger partial charge in [-0.25, -0.2) is 0 Å². The molecule has 0 rings (SSSR count). The Balaban J connectivity index is 3.30. The van der Waals surface area contributed by atoms with Gasteiger partial charge in [0.15, 0.2) is 0 Å². The van der Waals surface area contributed by atoms with Crippen LogP contribution in [0.5, 0.6) is 0 Å². The Hall–Kier alpha value is -1.32. The van der Waals surface area contributed by atoms with Gasteiger partial charge >= 0.3 is 11.9 Å². The average molecular weight is 383 g/mol. The van der Waals surface area contributed by atoms with Gasteiger partial charge in [0.2, 0.25) is 0 Å². The third-order valence-electron chi connectivity index (χ3n) is 4.46. The number of rotatable bonds is 19. The van der Waals surface area contributed by atoms with Gasteiger partial charge in [-0.3, -0.25) is 9.59 Å². The summed E-state index contributed by atoms with van der Waals surface area (Å²) in [4.78, 5) is 23.1. The first-order chi connectivity index (χ1) is 13.2. The fraction of sp³-hybridized carbons (Fsp3) is 0.826. The average Bonchev–Trinajstić information content (AvgIpc) is 2.66. The lowest BCUT2D eigenvalue weighted by molar-refractivity contribution is -0.144. The summed E-state index contributed by atoms with van der Waals surface area (Å²) in [5.41, 5.74) is 0. The molecule has 0 heterocycles. The molecule has 0 saturated heterocycles. The number of carbonyl (C=O) groups excluding carboxylic acids is 2. The fourth-order valence-electron chi connectivity index (χ4n) is 2.71. The minimum absolute atomic E-state index is 0.0676. The van der Waals surface area contributed by atoms with Gasteiger partial charge in [0, 0.05) is 12.8 Å². The van der Waals surface area contributed by atoms with Crippen LogP contribution in [0.2, 0.25) is 0 Å². The minimum atomic E-state index is -0.0794. The summed E-state index contributed by atoms with van der Waals surface area (Å²) in [7, 11) is 0. The quantitative estimate of drug-likeness (QED) is 0.145. The van der Waals surface area contributed by atoms with E-state index in [1.807, 2.05) is 0 Å². The third kappa shape index (κ3) is 20.8. The number of carbonyl (C=O) groups is 2. The van der Waals surface area contributed by atoms with Crippen molar-refractivity contribution in [3.05, 3.63) is 12.2 Å². The zero-order valence-electron chi connectivity index (χ0n) is 17.8. The summed E-state index contributed by atoms with van der Waals surface area (Å²) in [5.74, 6) is -0.147. The lowest BCUT2D eigenvalue weighted by atomic mass is 10.1. The highest BCUT2D eigenvalue weighted by Gasteiger charge is 2.03. The lowest BCUT2D eigenvalue weighted by Gasteiger charge is -2.05. The van der Waals surface area contributed by atoms with Gasteiger partial charge in [-0.2, -0.15) is 0 Å². The third-order valence-corrected chi connectivity index (χ3v) is 4.46. The summed E-state index contributed by atoms with van der Waals surface area (Å²) in [6.07, 6.45) is 19.2. The first kappa shape index (κ1) is 25.7. The van der Waals surface area contributed by atoms with E-state index in [1.54, 1.807) is 0 Å². The smallest absolute Gasteiger partial charge is 0.305 e. The summed E-state index contributed by atoms with van der Waals surface area (Å²) in [5, 5.41) is 0. The maximum Gasteiger partial charge on any atom is 0.305 e. The number of ether oxygens (including phenoxy) is 2. The highest BCUT2D eigenvalue weighted by Crippen LogP contribution is 2.10. The summed E-state index contributed by atoms with van der Waals surface area (Å²) in [6.45, 7) is 5.34. The lowest BCUT2D eigenvalue weighted by Crippen LogP contribution is -2.05. The van der Waals surface area contributed by atoms with Crippen LogP contribution in [0, 0.1) is 0 Å². The number of unbranched alkanes of at least 4 members (excludes halogenated alkanes) is 9. The Labute approximate surface area is 167 Å². The predicted molar refractivity (Wildman–Crippen MR) is 112 cm³/mol. The van der Waals surface area contributed by atoms with Crippen molar-refractivity contribution in [1.82, 2.24) is 0 Å². The highest BCUT2D eigenvalue weighted by atomic mass is 16.5. The zero-order valence-corrected chi connectivity index (χ0v) is 17.8. The van der Waals surface area contributed by atoms with Gasteiger partial charge in [0.25, 0.3) is 0 Å². The Morgan fingerprint density at radius 1 is 0.593 bits per heavy atom. The van der Waals surface area contributed by atoms with E-state index in [0.29, 0.717) is 26.1 Å². The number of allylic oxidation sites excluding steroid dienone is 1. The molecule has 0 unspecified atom stereocenters. The molecule has 27 heavy (non-hydrogen) atoms. The molecule has 4 nitrogen and oxygen atoms in total. The molecule has 0 aliphatic carbocycles. The summed E-state index contributed by atoms with van der Waals surface area (Å²) >= 11 is 0. The van der Waals surface area contributed by atoms with Crippen LogP contribution in [0.3, 0.4) is 0 Å². The van der Waals surface area contributed by atoms with Crippen LogP contribution in [0.4, 0.5) is 0 Å². The van der Waals surface area contributed by atoms with Gasteiger partial charge in [-0.05, 0) is 38.5 Å². The van der Waals surface area contributed by atoms with Crippen LogP contribution < -0.4 is 0 Å². The first-order valence-electron chi connectivity index (χ1n) is 11.2. The molecular formula is C23H42O4. The first-order valence-corrected chi connectivity index (χ1v) is 11.2. The van der Waals surface area contributed by atoms with Crippen LogP contribution in [-0.4, -0.2) is 25.2 Å². The van der Waals surface area contributed by atoms with E-state index in [2.05, 4.69) is 26.0 Å². The SMILES string of the molecule is CCCCC/C=C\CCOC(=O)CCCCCCCCC(=O)OCCCC. The van der Waals surface area contributed by atoms with Gasteiger partial charge in [0.1, 0.15) is 0 Å². The highest BCUT2D eigenvalue weighted by molar-refractivity contribution is 5.69. The Morgan fingerprint density at radius 2 is 1.11 bits per heavy atom. The summed E-state index contributed by atoms with van der Waals surface area (Å²) in [6, 6.07) is 0. The van der Waals surface area contributed by atoms with Crippen molar-refractivity contribution in [2.45, 2.75) is 110 Å². The van der Waals surface area contributed by atoms with E-state index in [9.17, 15) is 9.59 Å². The minimum Gasteiger partial charge on any atom is -0.466 e. The molecule has 0 aromatic carbocycles. The monoisotopic (exact) mass is 382 g/mol. The van der Waals surface area contributed by atoms with E-state index < -0.39 is 0 Å². The van der Waals surface area contributed by atoms with Crippen molar-refractivity contribution in [2.75, 3.05) is 13.2 Å². The molecule has 158 valence electrons. The van der Waals surface area contributed by atoms with Crippen LogP contribution in [-0.2, 0) is 19.1 Å². The largest absolute Gasteiger partial charge is 0.466 e. The van der Waals surface area contributed by atoms with Crippen molar-refractivity contribution in [3.63, 3.8) is 0 Å². The second kappa shape index (κ2) is 21.0. The zero-order chi connectivity index (χ0) is 20.0. The van der Waals surface area contributed by atoms with Crippen molar-refractivity contribution in [1.29, 1.82) is 0 Å². The molecule has 0 bridgehead atoms. The normalized spacial score (nSPS) is 11.0. The Morgan fingerprint density at radius 3 is 1.70 bits per heavy atom. The molecule has 0 aromatic heterocycles. The van der Waals surface area contributed by atoms with Gasteiger partial charge in [-0.1, -0.05) is 70.9 Å². The Bertz CT molecular complexity index is 377. The molecule has 4 heteroatoms. The van der Waals surface area contributed by atoms with Gasteiger partial charge in [-0.15, -0.1) is 0 Å². The number of hydrogen-bond donors (Lipinski definition) is 0. The molecule has 0 N–H and O–H groups in total. The van der Waals surface area contributed by atoms with E-state index in [4.69, 9.17) is 9.47 Å².